The number of nitrogens with zero attached hydrogens (tertiary/aromatic N) is 4. The van der Waals surface area contributed by atoms with Gasteiger partial charge in [-0.3, -0.25) is 10.1 Å². The average Bonchev–Trinajstić information content (AvgIpc) is 3.24. The molecule has 1 unspecified atom stereocenters. The molecular weight excluding hydrogens is 322 g/mol. The van der Waals surface area contributed by atoms with Crippen molar-refractivity contribution in [2.45, 2.75) is 24.3 Å². The maximum absolute atomic E-state index is 6.17. The number of hydrogen-bond donors (Lipinski definition) is 3. The minimum absolute atomic E-state index is 0.0360. The van der Waals surface area contributed by atoms with Crippen molar-refractivity contribution in [3.05, 3.63) is 47.6 Å². The SMILES string of the molecule is NC1=CN(c2cnccc2N2CCCC(N)C2)[C@H](c2ccn[nH]2)S1. The Morgan fingerprint density at radius 1 is 1.25 bits per heavy atom. The first-order chi connectivity index (χ1) is 11.7. The quantitative estimate of drug-likeness (QED) is 0.780. The van der Waals surface area contributed by atoms with Gasteiger partial charge >= 0.3 is 0 Å². The number of anilines is 2. The van der Waals surface area contributed by atoms with Crippen molar-refractivity contribution in [2.75, 3.05) is 22.9 Å². The molecule has 2 atom stereocenters. The van der Waals surface area contributed by atoms with Crippen LogP contribution < -0.4 is 21.3 Å². The van der Waals surface area contributed by atoms with Crippen molar-refractivity contribution in [3.8, 4) is 0 Å². The summed E-state index contributed by atoms with van der Waals surface area (Å²) >= 11 is 1.60. The fourth-order valence-electron chi connectivity index (χ4n) is 3.31. The van der Waals surface area contributed by atoms with Crippen LogP contribution in [-0.2, 0) is 0 Å². The molecule has 0 radical (unpaired) electrons. The number of hydrogen-bond acceptors (Lipinski definition) is 7. The molecule has 2 aromatic rings. The molecule has 0 amide bonds. The van der Waals surface area contributed by atoms with E-state index >= 15 is 0 Å². The van der Waals surface area contributed by atoms with Gasteiger partial charge in [-0.25, -0.2) is 0 Å². The molecule has 8 heteroatoms. The third-order valence-electron chi connectivity index (χ3n) is 4.41. The fourth-order valence-corrected chi connectivity index (χ4v) is 4.29. The van der Waals surface area contributed by atoms with Gasteiger partial charge in [0.1, 0.15) is 5.37 Å². The van der Waals surface area contributed by atoms with Gasteiger partial charge in [0.2, 0.25) is 0 Å². The minimum Gasteiger partial charge on any atom is -0.392 e. The first-order valence-corrected chi connectivity index (χ1v) is 8.96. The number of nitrogens with two attached hydrogens (primary N) is 2. The van der Waals surface area contributed by atoms with E-state index in [0.29, 0.717) is 0 Å². The molecule has 24 heavy (non-hydrogen) atoms. The lowest BCUT2D eigenvalue weighted by atomic mass is 10.1. The second-order valence-electron chi connectivity index (χ2n) is 6.13. The van der Waals surface area contributed by atoms with E-state index < -0.39 is 0 Å². The van der Waals surface area contributed by atoms with E-state index in [2.05, 4.69) is 31.0 Å². The van der Waals surface area contributed by atoms with Crippen molar-refractivity contribution in [1.29, 1.82) is 0 Å². The van der Waals surface area contributed by atoms with Crippen molar-refractivity contribution in [1.82, 2.24) is 15.2 Å². The van der Waals surface area contributed by atoms with Gasteiger partial charge in [-0.2, -0.15) is 5.10 Å². The van der Waals surface area contributed by atoms with E-state index in [1.54, 1.807) is 18.0 Å². The Kier molecular flexibility index (Phi) is 4.07. The zero-order valence-electron chi connectivity index (χ0n) is 13.3. The molecule has 2 aromatic heterocycles. The van der Waals surface area contributed by atoms with Crippen LogP contribution in [-0.4, -0.2) is 34.3 Å². The summed E-state index contributed by atoms with van der Waals surface area (Å²) in [5.74, 6) is 0. The maximum Gasteiger partial charge on any atom is 0.127 e. The van der Waals surface area contributed by atoms with E-state index in [9.17, 15) is 0 Å². The number of pyridine rings is 1. The maximum atomic E-state index is 6.17. The van der Waals surface area contributed by atoms with Crippen molar-refractivity contribution >= 4 is 23.1 Å². The second kappa shape index (κ2) is 6.37. The monoisotopic (exact) mass is 343 g/mol. The lowest BCUT2D eigenvalue weighted by Crippen LogP contribution is -2.43. The molecule has 2 aliphatic rings. The minimum atomic E-state index is 0.0360. The van der Waals surface area contributed by atoms with E-state index in [-0.39, 0.29) is 11.4 Å². The normalized spacial score (nSPS) is 24.3. The molecule has 1 fully saturated rings. The van der Waals surface area contributed by atoms with Crippen LogP contribution in [0.15, 0.2) is 42.0 Å². The molecule has 4 rings (SSSR count). The summed E-state index contributed by atoms with van der Waals surface area (Å²) in [6.45, 7) is 1.88. The van der Waals surface area contributed by atoms with Gasteiger partial charge in [0.25, 0.3) is 0 Å². The molecule has 7 nitrogen and oxygen atoms in total. The predicted molar refractivity (Wildman–Crippen MR) is 97.3 cm³/mol. The molecule has 0 bridgehead atoms. The summed E-state index contributed by atoms with van der Waals surface area (Å²) in [6, 6.07) is 4.26. The van der Waals surface area contributed by atoms with E-state index in [1.165, 1.54) is 0 Å². The highest BCUT2D eigenvalue weighted by Crippen LogP contribution is 2.46. The van der Waals surface area contributed by atoms with Gasteiger partial charge < -0.3 is 21.3 Å². The Morgan fingerprint density at radius 3 is 2.96 bits per heavy atom. The number of thioether (sulfide) groups is 1. The lowest BCUT2D eigenvalue weighted by Gasteiger charge is -2.36. The fraction of sp³-hybridized carbons (Fsp3) is 0.375. The molecule has 126 valence electrons. The van der Waals surface area contributed by atoms with Gasteiger partial charge in [0.05, 0.1) is 28.3 Å². The number of piperidine rings is 1. The summed E-state index contributed by atoms with van der Waals surface area (Å²) in [6.07, 6.45) is 9.66. The van der Waals surface area contributed by atoms with Crippen molar-refractivity contribution in [3.63, 3.8) is 0 Å². The predicted octanol–water partition coefficient (Wildman–Crippen LogP) is 1.74. The van der Waals surface area contributed by atoms with E-state index in [0.717, 1.165) is 48.0 Å². The van der Waals surface area contributed by atoms with Crippen LogP contribution in [0.4, 0.5) is 11.4 Å². The Morgan fingerprint density at radius 2 is 2.17 bits per heavy atom. The van der Waals surface area contributed by atoms with Crippen LogP contribution in [0.3, 0.4) is 0 Å². The van der Waals surface area contributed by atoms with Crippen LogP contribution in [0.2, 0.25) is 0 Å². The molecular formula is C16H21N7S. The van der Waals surface area contributed by atoms with Crippen LogP contribution >= 0.6 is 11.8 Å². The summed E-state index contributed by atoms with van der Waals surface area (Å²) in [5.41, 5.74) is 15.5. The highest BCUT2D eigenvalue weighted by molar-refractivity contribution is 8.03. The Hall–Kier alpha value is -2.19. The molecule has 0 aliphatic carbocycles. The Bertz CT molecular complexity index is 730. The zero-order valence-corrected chi connectivity index (χ0v) is 14.1. The van der Waals surface area contributed by atoms with Crippen molar-refractivity contribution in [2.24, 2.45) is 11.5 Å². The highest BCUT2D eigenvalue weighted by atomic mass is 32.2. The van der Waals surface area contributed by atoms with Gasteiger partial charge in [0.15, 0.2) is 0 Å². The average molecular weight is 343 g/mol. The molecule has 4 heterocycles. The first kappa shape index (κ1) is 15.3. The standard InChI is InChI=1S/C16H21N7S/c17-11-2-1-7-22(9-11)13-4-5-19-8-14(13)23-10-15(18)24-16(23)12-3-6-20-21-12/h3-6,8,10-11,16H,1-2,7,9,17-18H2,(H,20,21)/t11?,16-/m0/s1. The van der Waals surface area contributed by atoms with Gasteiger partial charge in [-0.15, -0.1) is 0 Å². The Balaban J connectivity index is 1.70. The number of nitrogens with one attached hydrogen (secondary N) is 1. The van der Waals surface area contributed by atoms with Crippen LogP contribution in [0.1, 0.15) is 23.9 Å². The molecule has 1 saturated heterocycles. The van der Waals surface area contributed by atoms with Crippen molar-refractivity contribution < 1.29 is 0 Å². The Labute approximate surface area is 145 Å². The van der Waals surface area contributed by atoms with E-state index in [1.807, 2.05) is 24.7 Å². The first-order valence-electron chi connectivity index (χ1n) is 8.08. The smallest absolute Gasteiger partial charge is 0.127 e. The summed E-state index contributed by atoms with van der Waals surface area (Å²) in [4.78, 5) is 8.85. The molecule has 0 aromatic carbocycles. The molecule has 0 saturated carbocycles. The number of aromatic nitrogens is 3. The second-order valence-corrected chi connectivity index (χ2v) is 7.29. The van der Waals surface area contributed by atoms with Crippen LogP contribution in [0, 0.1) is 0 Å². The topological polar surface area (TPSA) is 100 Å². The molecule has 0 spiro atoms. The number of H-pyrrole nitrogens is 1. The van der Waals surface area contributed by atoms with Gasteiger partial charge in [0, 0.05) is 37.7 Å². The summed E-state index contributed by atoms with van der Waals surface area (Å²) < 4.78 is 0. The van der Waals surface area contributed by atoms with Crippen LogP contribution in [0.5, 0.6) is 0 Å². The largest absolute Gasteiger partial charge is 0.392 e. The lowest BCUT2D eigenvalue weighted by molar-refractivity contribution is 0.506. The molecule has 2 aliphatic heterocycles. The highest BCUT2D eigenvalue weighted by Gasteiger charge is 2.31. The number of aromatic amines is 1. The van der Waals surface area contributed by atoms with Gasteiger partial charge in [-0.1, -0.05) is 11.8 Å². The van der Waals surface area contributed by atoms with Crippen LogP contribution in [0.25, 0.3) is 0 Å². The molecule has 5 N–H and O–H groups in total. The summed E-state index contributed by atoms with van der Waals surface area (Å²) in [7, 11) is 0. The third-order valence-corrected chi connectivity index (χ3v) is 5.49. The van der Waals surface area contributed by atoms with E-state index in [4.69, 9.17) is 11.5 Å². The third kappa shape index (κ3) is 2.83. The summed E-state index contributed by atoms with van der Waals surface area (Å²) in [5, 5.41) is 7.93. The van der Waals surface area contributed by atoms with Gasteiger partial charge in [-0.05, 0) is 25.0 Å². The number of rotatable bonds is 3. The zero-order chi connectivity index (χ0) is 16.5.